The maximum absolute atomic E-state index is 4.78. The van der Waals surface area contributed by atoms with Crippen LogP contribution in [0.3, 0.4) is 0 Å². The molecule has 3 aromatic heterocycles. The molecule has 1 fully saturated rings. The molecule has 1 saturated heterocycles. The Morgan fingerprint density at radius 3 is 2.62 bits per heavy atom. The van der Waals surface area contributed by atoms with Crippen LogP contribution < -0.4 is 10.6 Å². The smallest absolute Gasteiger partial charge is 0.223 e. The molecule has 4 rings (SSSR count). The van der Waals surface area contributed by atoms with Gasteiger partial charge in [-0.3, -0.25) is 4.98 Å². The highest BCUT2D eigenvalue weighted by atomic mass is 32.1. The van der Waals surface area contributed by atoms with Crippen LogP contribution in [0.25, 0.3) is 20.7 Å². The highest BCUT2D eigenvalue weighted by Crippen LogP contribution is 2.33. The maximum Gasteiger partial charge on any atom is 0.223 e. The summed E-state index contributed by atoms with van der Waals surface area (Å²) in [5.41, 5.74) is 1.14. The van der Waals surface area contributed by atoms with Gasteiger partial charge in [-0.05, 0) is 58.7 Å². The lowest BCUT2D eigenvalue weighted by Crippen LogP contribution is -2.60. The second-order valence-corrected chi connectivity index (χ2v) is 9.52. The van der Waals surface area contributed by atoms with Crippen molar-refractivity contribution in [2.75, 3.05) is 5.32 Å². The summed E-state index contributed by atoms with van der Waals surface area (Å²) in [7, 11) is 0. The molecule has 1 aliphatic heterocycles. The highest BCUT2D eigenvalue weighted by Gasteiger charge is 2.37. The molecule has 0 unspecified atom stereocenters. The molecule has 0 spiro atoms. The van der Waals surface area contributed by atoms with Gasteiger partial charge in [-0.25, -0.2) is 9.97 Å². The Balaban J connectivity index is 1.58. The Kier molecular flexibility index (Phi) is 4.20. The average molecular weight is 368 g/mol. The number of anilines is 1. The van der Waals surface area contributed by atoms with Gasteiger partial charge in [0.2, 0.25) is 5.95 Å². The molecule has 2 N–H and O–H groups in total. The maximum atomic E-state index is 4.78. The minimum atomic E-state index is 0.0928. The van der Waals surface area contributed by atoms with Crippen molar-refractivity contribution in [3.63, 3.8) is 0 Å². The molecule has 0 bridgehead atoms. The van der Waals surface area contributed by atoms with E-state index in [4.69, 9.17) is 4.98 Å². The van der Waals surface area contributed by atoms with E-state index < -0.39 is 0 Å². The van der Waals surface area contributed by atoms with Crippen LogP contribution in [0, 0.1) is 0 Å². The number of aromatic nitrogens is 3. The fraction of sp³-hybridized carbons (Fsp3) is 0.450. The number of piperidine rings is 1. The SMILES string of the molecule is CC1(C)CC(Nc2nccc(-c3cc4cnccc4s3)n2)CC(C)(C)N1. The number of hydrogen-bond donors (Lipinski definition) is 2. The zero-order valence-corrected chi connectivity index (χ0v) is 16.5. The number of nitrogens with one attached hydrogen (secondary N) is 2. The van der Waals surface area contributed by atoms with Gasteiger partial charge in [0, 0.05) is 45.8 Å². The first-order valence-electron chi connectivity index (χ1n) is 9.03. The molecule has 26 heavy (non-hydrogen) atoms. The van der Waals surface area contributed by atoms with Crippen LogP contribution in [-0.4, -0.2) is 32.1 Å². The van der Waals surface area contributed by atoms with Crippen molar-refractivity contribution < 1.29 is 0 Å². The fourth-order valence-electron chi connectivity index (χ4n) is 4.18. The van der Waals surface area contributed by atoms with Gasteiger partial charge in [0.05, 0.1) is 10.6 Å². The molecule has 0 atom stereocenters. The van der Waals surface area contributed by atoms with Crippen molar-refractivity contribution in [2.24, 2.45) is 0 Å². The zero-order valence-electron chi connectivity index (χ0n) is 15.7. The first-order chi connectivity index (χ1) is 12.3. The predicted octanol–water partition coefficient (Wildman–Crippen LogP) is 4.47. The first kappa shape index (κ1) is 17.4. The van der Waals surface area contributed by atoms with E-state index in [1.807, 2.05) is 30.7 Å². The van der Waals surface area contributed by atoms with Gasteiger partial charge in [0.25, 0.3) is 0 Å². The first-order valence-corrected chi connectivity index (χ1v) is 9.84. The van der Waals surface area contributed by atoms with E-state index in [9.17, 15) is 0 Å². The van der Waals surface area contributed by atoms with E-state index in [0.29, 0.717) is 12.0 Å². The zero-order chi connectivity index (χ0) is 18.4. The van der Waals surface area contributed by atoms with Crippen LogP contribution in [-0.2, 0) is 0 Å². The lowest BCUT2D eigenvalue weighted by molar-refractivity contribution is 0.170. The van der Waals surface area contributed by atoms with Crippen molar-refractivity contribution in [2.45, 2.75) is 57.7 Å². The van der Waals surface area contributed by atoms with E-state index in [1.54, 1.807) is 11.3 Å². The summed E-state index contributed by atoms with van der Waals surface area (Å²) in [5, 5.41) is 8.44. The molecule has 0 saturated carbocycles. The summed E-state index contributed by atoms with van der Waals surface area (Å²) in [5.74, 6) is 0.705. The standard InChI is InChI=1S/C20H25N5S/c1-19(2)10-14(11-20(3,4)25-19)23-18-22-8-5-15(24-18)17-9-13-12-21-7-6-16(13)26-17/h5-9,12,14,25H,10-11H2,1-4H3,(H,22,23,24). The molecule has 3 aromatic rings. The van der Waals surface area contributed by atoms with Crippen LogP contribution in [0.1, 0.15) is 40.5 Å². The van der Waals surface area contributed by atoms with E-state index in [2.05, 4.69) is 54.4 Å². The van der Waals surface area contributed by atoms with Gasteiger partial charge in [-0.2, -0.15) is 0 Å². The molecule has 0 radical (unpaired) electrons. The average Bonchev–Trinajstić information content (AvgIpc) is 2.96. The van der Waals surface area contributed by atoms with Crippen molar-refractivity contribution in [3.05, 3.63) is 36.8 Å². The summed E-state index contributed by atoms with van der Waals surface area (Å²) in [6.07, 6.45) is 7.65. The largest absolute Gasteiger partial charge is 0.351 e. The Morgan fingerprint density at radius 1 is 1.12 bits per heavy atom. The van der Waals surface area contributed by atoms with Gasteiger partial charge < -0.3 is 10.6 Å². The minimum Gasteiger partial charge on any atom is -0.351 e. The lowest BCUT2D eigenvalue weighted by Gasteiger charge is -2.46. The molecule has 5 nitrogen and oxygen atoms in total. The molecule has 0 aliphatic carbocycles. The number of nitrogens with zero attached hydrogens (tertiary/aromatic N) is 3. The van der Waals surface area contributed by atoms with Gasteiger partial charge in [0.1, 0.15) is 0 Å². The van der Waals surface area contributed by atoms with Crippen molar-refractivity contribution >= 4 is 27.4 Å². The van der Waals surface area contributed by atoms with Crippen molar-refractivity contribution in [1.29, 1.82) is 0 Å². The van der Waals surface area contributed by atoms with E-state index in [0.717, 1.165) is 28.8 Å². The van der Waals surface area contributed by atoms with E-state index in [-0.39, 0.29) is 11.1 Å². The molecule has 0 aromatic carbocycles. The Bertz CT molecular complexity index is 882. The Labute approximate surface area is 158 Å². The Hall–Kier alpha value is -2.05. The Morgan fingerprint density at radius 2 is 1.88 bits per heavy atom. The third-order valence-electron chi connectivity index (χ3n) is 4.75. The van der Waals surface area contributed by atoms with Crippen LogP contribution in [0.15, 0.2) is 36.8 Å². The van der Waals surface area contributed by atoms with Crippen LogP contribution >= 0.6 is 11.3 Å². The molecule has 1 aliphatic rings. The molecular weight excluding hydrogens is 342 g/mol. The topological polar surface area (TPSA) is 62.7 Å². The molecule has 4 heterocycles. The van der Waals surface area contributed by atoms with E-state index >= 15 is 0 Å². The molecular formula is C20H25N5S. The summed E-state index contributed by atoms with van der Waals surface area (Å²) in [4.78, 5) is 14.6. The second-order valence-electron chi connectivity index (χ2n) is 8.43. The molecule has 0 amide bonds. The lowest BCUT2D eigenvalue weighted by atomic mass is 9.80. The quantitative estimate of drug-likeness (QED) is 0.715. The highest BCUT2D eigenvalue weighted by molar-refractivity contribution is 7.22. The van der Waals surface area contributed by atoms with Crippen LogP contribution in [0.5, 0.6) is 0 Å². The van der Waals surface area contributed by atoms with Crippen LogP contribution in [0.2, 0.25) is 0 Å². The second kappa shape index (κ2) is 6.28. The summed E-state index contributed by atoms with van der Waals surface area (Å²) >= 11 is 1.74. The van der Waals surface area contributed by atoms with Gasteiger partial charge in [-0.15, -0.1) is 11.3 Å². The fourth-order valence-corrected chi connectivity index (χ4v) is 5.18. The third-order valence-corrected chi connectivity index (χ3v) is 5.89. The van der Waals surface area contributed by atoms with Crippen LogP contribution in [0.4, 0.5) is 5.95 Å². The number of fused-ring (bicyclic) bond motifs is 1. The number of rotatable bonds is 3. The summed E-state index contributed by atoms with van der Waals surface area (Å²) in [6.45, 7) is 9.02. The molecule has 136 valence electrons. The predicted molar refractivity (Wildman–Crippen MR) is 109 cm³/mol. The number of hydrogen-bond acceptors (Lipinski definition) is 6. The number of pyridine rings is 1. The van der Waals surface area contributed by atoms with Gasteiger partial charge >= 0.3 is 0 Å². The minimum absolute atomic E-state index is 0.0928. The van der Waals surface area contributed by atoms with Gasteiger partial charge in [-0.1, -0.05) is 0 Å². The number of thiophene rings is 1. The van der Waals surface area contributed by atoms with Crippen molar-refractivity contribution in [3.8, 4) is 10.6 Å². The summed E-state index contributed by atoms with van der Waals surface area (Å²) < 4.78 is 1.23. The van der Waals surface area contributed by atoms with Gasteiger partial charge in [0.15, 0.2) is 0 Å². The van der Waals surface area contributed by atoms with Crippen molar-refractivity contribution in [1.82, 2.24) is 20.3 Å². The monoisotopic (exact) mass is 367 g/mol. The normalized spacial score (nSPS) is 19.5. The summed E-state index contributed by atoms with van der Waals surface area (Å²) in [6, 6.07) is 6.52. The van der Waals surface area contributed by atoms with E-state index in [1.165, 1.54) is 4.70 Å². The third kappa shape index (κ3) is 3.71. The molecule has 6 heteroatoms.